The van der Waals surface area contributed by atoms with Gasteiger partial charge in [0.25, 0.3) is 0 Å². The number of thioether (sulfide) groups is 1. The molecule has 1 heterocycles. The van der Waals surface area contributed by atoms with Gasteiger partial charge in [0.15, 0.2) is 4.34 Å². The van der Waals surface area contributed by atoms with E-state index in [1.807, 2.05) is 19.0 Å². The van der Waals surface area contributed by atoms with Crippen molar-refractivity contribution in [1.82, 2.24) is 10.2 Å². The van der Waals surface area contributed by atoms with E-state index in [4.69, 9.17) is 0 Å². The lowest BCUT2D eigenvalue weighted by Gasteiger charge is -2.05. The molecule has 5 nitrogen and oxygen atoms in total. The molecule has 0 aromatic carbocycles. The Kier molecular flexibility index (Phi) is 5.50. The second kappa shape index (κ2) is 6.41. The Morgan fingerprint density at radius 1 is 1.62 bits per heavy atom. The van der Waals surface area contributed by atoms with Gasteiger partial charge in [-0.1, -0.05) is 39.0 Å². The highest BCUT2D eigenvalue weighted by atomic mass is 79.9. The van der Waals surface area contributed by atoms with Crippen LogP contribution in [-0.4, -0.2) is 48.0 Å². The molecule has 8 heteroatoms. The number of methoxy groups -OCH3 is 1. The van der Waals surface area contributed by atoms with Crippen molar-refractivity contribution >= 4 is 50.1 Å². The van der Waals surface area contributed by atoms with Crippen LogP contribution in [0.1, 0.15) is 0 Å². The SMILES string of the molecule is COC(=O)C(Br)CSc1nnc(N(C)C)s1. The van der Waals surface area contributed by atoms with Gasteiger partial charge < -0.3 is 9.64 Å². The van der Waals surface area contributed by atoms with E-state index < -0.39 is 0 Å². The number of alkyl halides is 1. The quantitative estimate of drug-likeness (QED) is 0.466. The molecule has 0 amide bonds. The monoisotopic (exact) mass is 325 g/mol. The van der Waals surface area contributed by atoms with Crippen LogP contribution in [0, 0.1) is 0 Å². The highest BCUT2D eigenvalue weighted by Crippen LogP contribution is 2.28. The summed E-state index contributed by atoms with van der Waals surface area (Å²) in [6.45, 7) is 0. The summed E-state index contributed by atoms with van der Waals surface area (Å²) in [6, 6.07) is 0. The summed E-state index contributed by atoms with van der Waals surface area (Å²) in [5.74, 6) is 0.305. The number of carbonyl (C=O) groups excluding carboxylic acids is 1. The molecule has 1 unspecified atom stereocenters. The normalized spacial score (nSPS) is 12.2. The summed E-state index contributed by atoms with van der Waals surface area (Å²) < 4.78 is 5.45. The molecule has 1 aromatic heterocycles. The Labute approximate surface area is 111 Å². The maximum atomic E-state index is 11.1. The van der Waals surface area contributed by atoms with Crippen LogP contribution in [0.5, 0.6) is 0 Å². The highest BCUT2D eigenvalue weighted by Gasteiger charge is 2.16. The third kappa shape index (κ3) is 3.91. The summed E-state index contributed by atoms with van der Waals surface area (Å²) >= 11 is 6.22. The molecule has 0 aliphatic carbocycles. The Morgan fingerprint density at radius 3 is 2.81 bits per heavy atom. The molecule has 90 valence electrons. The number of ether oxygens (including phenoxy) is 1. The third-order valence-electron chi connectivity index (χ3n) is 1.59. The van der Waals surface area contributed by atoms with E-state index in [1.54, 1.807) is 0 Å². The number of hydrogen-bond acceptors (Lipinski definition) is 7. The molecular weight excluding hydrogens is 314 g/mol. The largest absolute Gasteiger partial charge is 0.468 e. The Balaban J connectivity index is 2.45. The Bertz CT molecular complexity index is 359. The lowest BCUT2D eigenvalue weighted by molar-refractivity contribution is -0.139. The second-order valence-corrected chi connectivity index (χ2v) is 6.38. The summed E-state index contributed by atoms with van der Waals surface area (Å²) in [5, 5.41) is 8.87. The van der Waals surface area contributed by atoms with E-state index >= 15 is 0 Å². The number of nitrogens with zero attached hydrogens (tertiary/aromatic N) is 3. The minimum Gasteiger partial charge on any atom is -0.468 e. The van der Waals surface area contributed by atoms with Gasteiger partial charge in [-0.15, -0.1) is 10.2 Å². The zero-order chi connectivity index (χ0) is 12.1. The van der Waals surface area contributed by atoms with Gasteiger partial charge in [0.2, 0.25) is 5.13 Å². The van der Waals surface area contributed by atoms with Crippen molar-refractivity contribution in [2.24, 2.45) is 0 Å². The predicted octanol–water partition coefficient (Wildman–Crippen LogP) is 1.63. The fourth-order valence-corrected chi connectivity index (χ4v) is 3.05. The van der Waals surface area contributed by atoms with Crippen LogP contribution in [0.2, 0.25) is 0 Å². The molecule has 0 spiro atoms. The fraction of sp³-hybridized carbons (Fsp3) is 0.625. The summed E-state index contributed by atoms with van der Waals surface area (Å²) in [4.78, 5) is 12.7. The van der Waals surface area contributed by atoms with Gasteiger partial charge in [0.1, 0.15) is 4.83 Å². The van der Waals surface area contributed by atoms with Crippen LogP contribution >= 0.6 is 39.0 Å². The molecule has 1 aromatic rings. The molecule has 0 aliphatic heterocycles. The number of halogens is 1. The maximum Gasteiger partial charge on any atom is 0.320 e. The van der Waals surface area contributed by atoms with Gasteiger partial charge >= 0.3 is 5.97 Å². The molecule has 1 rings (SSSR count). The van der Waals surface area contributed by atoms with E-state index in [0.717, 1.165) is 9.47 Å². The molecule has 0 aliphatic rings. The number of anilines is 1. The topological polar surface area (TPSA) is 55.3 Å². The number of rotatable bonds is 5. The summed E-state index contributed by atoms with van der Waals surface area (Å²) in [7, 11) is 5.20. The van der Waals surface area contributed by atoms with Crippen molar-refractivity contribution < 1.29 is 9.53 Å². The first-order valence-corrected chi connectivity index (χ1v) is 7.12. The average molecular weight is 326 g/mol. The maximum absolute atomic E-state index is 11.1. The van der Waals surface area contributed by atoms with Crippen molar-refractivity contribution in [1.29, 1.82) is 0 Å². The van der Waals surface area contributed by atoms with Crippen molar-refractivity contribution in [3.05, 3.63) is 0 Å². The molecule has 0 fully saturated rings. The van der Waals surface area contributed by atoms with Crippen molar-refractivity contribution in [3.63, 3.8) is 0 Å². The van der Waals surface area contributed by atoms with Crippen molar-refractivity contribution in [3.8, 4) is 0 Å². The van der Waals surface area contributed by atoms with Gasteiger partial charge in [-0.25, -0.2) is 0 Å². The highest BCUT2D eigenvalue weighted by molar-refractivity contribution is 9.10. The zero-order valence-electron chi connectivity index (χ0n) is 9.14. The van der Waals surface area contributed by atoms with Crippen LogP contribution in [0.4, 0.5) is 5.13 Å². The van der Waals surface area contributed by atoms with Crippen molar-refractivity contribution in [2.45, 2.75) is 9.17 Å². The summed E-state index contributed by atoms with van der Waals surface area (Å²) in [6.07, 6.45) is 0. The second-order valence-electron chi connectivity index (χ2n) is 3.05. The molecule has 16 heavy (non-hydrogen) atoms. The van der Waals surface area contributed by atoms with Crippen molar-refractivity contribution in [2.75, 3.05) is 31.9 Å². The Morgan fingerprint density at radius 2 is 2.31 bits per heavy atom. The minimum absolute atomic E-state index is 0.273. The van der Waals surface area contributed by atoms with Gasteiger partial charge in [-0.05, 0) is 0 Å². The molecule has 0 saturated heterocycles. The van der Waals surface area contributed by atoms with E-state index in [1.165, 1.54) is 30.2 Å². The molecule has 0 saturated carbocycles. The average Bonchev–Trinajstić information content (AvgIpc) is 2.73. The first-order valence-electron chi connectivity index (χ1n) is 4.40. The minimum atomic E-state index is -0.311. The van der Waals surface area contributed by atoms with E-state index in [2.05, 4.69) is 30.9 Å². The predicted molar refractivity (Wildman–Crippen MR) is 69.7 cm³/mol. The first kappa shape index (κ1) is 13.7. The van der Waals surface area contributed by atoms with Crippen LogP contribution in [0.15, 0.2) is 4.34 Å². The number of hydrogen-bond donors (Lipinski definition) is 0. The van der Waals surface area contributed by atoms with Gasteiger partial charge in [-0.3, -0.25) is 4.79 Å². The third-order valence-corrected chi connectivity index (χ3v) is 5.03. The standard InChI is InChI=1S/C8H12BrN3O2S2/c1-12(2)7-10-11-8(16-7)15-4-5(9)6(13)14-3/h5H,4H2,1-3H3. The number of aromatic nitrogens is 2. The molecule has 1 atom stereocenters. The first-order chi connectivity index (χ1) is 7.54. The Hall–Kier alpha value is -0.340. The van der Waals surface area contributed by atoms with Crippen LogP contribution in [0.3, 0.4) is 0 Å². The van der Waals surface area contributed by atoms with Crippen LogP contribution in [-0.2, 0) is 9.53 Å². The van der Waals surface area contributed by atoms with Gasteiger partial charge in [0, 0.05) is 19.8 Å². The molecule has 0 N–H and O–H groups in total. The molecule has 0 bridgehead atoms. The lowest BCUT2D eigenvalue weighted by Crippen LogP contribution is -2.17. The fourth-order valence-electron chi connectivity index (χ4n) is 0.782. The van der Waals surface area contributed by atoms with Gasteiger partial charge in [-0.2, -0.15) is 0 Å². The van der Waals surface area contributed by atoms with Gasteiger partial charge in [0.05, 0.1) is 7.11 Å². The molecular formula is C8H12BrN3O2S2. The molecule has 0 radical (unpaired) electrons. The van der Waals surface area contributed by atoms with Crippen LogP contribution in [0.25, 0.3) is 0 Å². The zero-order valence-corrected chi connectivity index (χ0v) is 12.4. The number of carbonyl (C=O) groups is 1. The van der Waals surface area contributed by atoms with Crippen LogP contribution < -0.4 is 4.90 Å². The lowest BCUT2D eigenvalue weighted by atomic mass is 10.5. The summed E-state index contributed by atoms with van der Waals surface area (Å²) in [5.41, 5.74) is 0. The number of esters is 1. The van der Waals surface area contributed by atoms with E-state index in [-0.39, 0.29) is 10.8 Å². The smallest absolute Gasteiger partial charge is 0.320 e. The van der Waals surface area contributed by atoms with E-state index in [0.29, 0.717) is 5.75 Å². The van der Waals surface area contributed by atoms with E-state index in [9.17, 15) is 4.79 Å².